The van der Waals surface area contributed by atoms with Crippen molar-refractivity contribution >= 4 is 6.03 Å². The minimum absolute atomic E-state index is 0.0681. The van der Waals surface area contributed by atoms with E-state index in [9.17, 15) is 4.79 Å². The van der Waals surface area contributed by atoms with Crippen LogP contribution in [0.4, 0.5) is 4.79 Å². The summed E-state index contributed by atoms with van der Waals surface area (Å²) in [6.07, 6.45) is 1.67. The summed E-state index contributed by atoms with van der Waals surface area (Å²) in [4.78, 5) is 10.8. The summed E-state index contributed by atoms with van der Waals surface area (Å²) in [5.41, 5.74) is 1.98. The highest BCUT2D eigenvalue weighted by Crippen LogP contribution is 2.02. The van der Waals surface area contributed by atoms with Gasteiger partial charge in [0.15, 0.2) is 0 Å². The molecule has 5 nitrogen and oxygen atoms in total. The number of nitrogens with zero attached hydrogens (tertiary/aromatic N) is 1. The topological polar surface area (TPSA) is 84.4 Å². The van der Waals surface area contributed by atoms with Gasteiger partial charge in [-0.2, -0.15) is 0 Å². The first-order chi connectivity index (χ1) is 5.17. The standard InChI is InChI=1S/C6H16N4O/c1-3-5(4-2)10(8)6(11)9-7/h5H,3-4,7-8H2,1-2H3,(H,9,11). The second-order valence-corrected chi connectivity index (χ2v) is 2.33. The molecule has 2 amide bonds. The van der Waals surface area contributed by atoms with E-state index in [0.29, 0.717) is 0 Å². The van der Waals surface area contributed by atoms with Crippen molar-refractivity contribution in [2.75, 3.05) is 0 Å². The molecule has 0 aliphatic carbocycles. The molecule has 0 saturated heterocycles. The molecule has 0 unspecified atom stereocenters. The summed E-state index contributed by atoms with van der Waals surface area (Å²) >= 11 is 0. The Bertz CT molecular complexity index is 124. The van der Waals surface area contributed by atoms with Crippen molar-refractivity contribution in [2.24, 2.45) is 11.7 Å². The van der Waals surface area contributed by atoms with Crippen molar-refractivity contribution in [2.45, 2.75) is 32.7 Å². The minimum Gasteiger partial charge on any atom is -0.275 e. The van der Waals surface area contributed by atoms with Crippen molar-refractivity contribution in [1.82, 2.24) is 10.4 Å². The van der Waals surface area contributed by atoms with Crippen LogP contribution >= 0.6 is 0 Å². The Morgan fingerprint density at radius 2 is 2.00 bits per heavy atom. The first kappa shape index (κ1) is 10.2. The summed E-state index contributed by atoms with van der Waals surface area (Å²) in [7, 11) is 0. The third-order valence-corrected chi connectivity index (χ3v) is 1.69. The molecule has 0 radical (unpaired) electrons. The van der Waals surface area contributed by atoms with E-state index in [1.165, 1.54) is 0 Å². The van der Waals surface area contributed by atoms with Gasteiger partial charge in [-0.25, -0.2) is 16.5 Å². The average molecular weight is 160 g/mol. The molecule has 5 heteroatoms. The molecular formula is C6H16N4O. The predicted molar refractivity (Wildman–Crippen MR) is 43.1 cm³/mol. The molecule has 0 heterocycles. The quantitative estimate of drug-likeness (QED) is 0.307. The SMILES string of the molecule is CCC(CC)N(N)C(=O)NN. The fraction of sp³-hybridized carbons (Fsp3) is 0.833. The van der Waals surface area contributed by atoms with Gasteiger partial charge >= 0.3 is 6.03 Å². The van der Waals surface area contributed by atoms with Gasteiger partial charge in [-0.3, -0.25) is 10.4 Å². The van der Waals surface area contributed by atoms with E-state index in [1.54, 1.807) is 0 Å². The van der Waals surface area contributed by atoms with Crippen LogP contribution in [0, 0.1) is 0 Å². The zero-order valence-corrected chi connectivity index (χ0v) is 7.00. The molecule has 0 saturated carbocycles. The van der Waals surface area contributed by atoms with Gasteiger partial charge in [-0.05, 0) is 12.8 Å². The highest BCUT2D eigenvalue weighted by atomic mass is 16.2. The van der Waals surface area contributed by atoms with Crippen LogP contribution in [0.15, 0.2) is 0 Å². The van der Waals surface area contributed by atoms with E-state index in [-0.39, 0.29) is 6.04 Å². The highest BCUT2D eigenvalue weighted by molar-refractivity contribution is 5.73. The Morgan fingerprint density at radius 3 is 2.27 bits per heavy atom. The predicted octanol–water partition coefficient (Wildman–Crippen LogP) is -0.0660. The van der Waals surface area contributed by atoms with Crippen LogP contribution in [0.25, 0.3) is 0 Å². The Morgan fingerprint density at radius 1 is 1.55 bits per heavy atom. The van der Waals surface area contributed by atoms with Gasteiger partial charge in [0.1, 0.15) is 0 Å². The zero-order valence-electron chi connectivity index (χ0n) is 7.00. The fourth-order valence-electron chi connectivity index (χ4n) is 0.922. The van der Waals surface area contributed by atoms with Gasteiger partial charge in [0, 0.05) is 6.04 Å². The smallest absolute Gasteiger partial charge is 0.275 e. The van der Waals surface area contributed by atoms with E-state index >= 15 is 0 Å². The maximum absolute atomic E-state index is 10.8. The van der Waals surface area contributed by atoms with Crippen LogP contribution in [-0.4, -0.2) is 17.1 Å². The number of hydrazine groups is 2. The third kappa shape index (κ3) is 2.73. The monoisotopic (exact) mass is 160 g/mol. The summed E-state index contributed by atoms with van der Waals surface area (Å²) in [6, 6.07) is -0.378. The van der Waals surface area contributed by atoms with E-state index in [4.69, 9.17) is 11.7 Å². The lowest BCUT2D eigenvalue weighted by Crippen LogP contribution is -2.52. The van der Waals surface area contributed by atoms with E-state index in [2.05, 4.69) is 0 Å². The van der Waals surface area contributed by atoms with Crippen molar-refractivity contribution in [3.63, 3.8) is 0 Å². The molecule has 0 aliphatic rings. The molecule has 0 aromatic rings. The van der Waals surface area contributed by atoms with Crippen LogP contribution in [0.3, 0.4) is 0 Å². The molecule has 0 bridgehead atoms. The third-order valence-electron chi connectivity index (χ3n) is 1.69. The number of nitrogens with one attached hydrogen (secondary N) is 1. The van der Waals surface area contributed by atoms with Gasteiger partial charge < -0.3 is 0 Å². The summed E-state index contributed by atoms with van der Waals surface area (Å²) in [5.74, 6) is 10.3. The van der Waals surface area contributed by atoms with Crippen molar-refractivity contribution in [3.8, 4) is 0 Å². The zero-order chi connectivity index (χ0) is 8.85. The van der Waals surface area contributed by atoms with Crippen molar-refractivity contribution in [3.05, 3.63) is 0 Å². The Labute approximate surface area is 66.7 Å². The van der Waals surface area contributed by atoms with Gasteiger partial charge in [0.05, 0.1) is 0 Å². The Balaban J connectivity index is 3.97. The fourth-order valence-corrected chi connectivity index (χ4v) is 0.922. The van der Waals surface area contributed by atoms with E-state index in [0.717, 1.165) is 17.9 Å². The molecule has 0 atom stereocenters. The molecular weight excluding hydrogens is 144 g/mol. The summed E-state index contributed by atoms with van der Waals surface area (Å²) in [6.45, 7) is 3.94. The van der Waals surface area contributed by atoms with Crippen LogP contribution in [-0.2, 0) is 0 Å². The highest BCUT2D eigenvalue weighted by Gasteiger charge is 2.15. The number of hydrogen-bond acceptors (Lipinski definition) is 3. The van der Waals surface area contributed by atoms with Gasteiger partial charge in [-0.1, -0.05) is 13.8 Å². The lowest BCUT2D eigenvalue weighted by molar-refractivity contribution is 0.171. The lowest BCUT2D eigenvalue weighted by atomic mass is 10.2. The maximum atomic E-state index is 10.8. The molecule has 0 rings (SSSR count). The molecule has 0 aromatic carbocycles. The molecule has 0 spiro atoms. The van der Waals surface area contributed by atoms with Crippen LogP contribution in [0.2, 0.25) is 0 Å². The number of hydrogen-bond donors (Lipinski definition) is 3. The molecule has 0 aliphatic heterocycles. The van der Waals surface area contributed by atoms with E-state index in [1.807, 2.05) is 19.3 Å². The number of carbonyl (C=O) groups is 1. The summed E-state index contributed by atoms with van der Waals surface area (Å²) in [5, 5.41) is 1.12. The first-order valence-corrected chi connectivity index (χ1v) is 3.71. The molecule has 0 fully saturated rings. The normalized spacial score (nSPS) is 9.91. The van der Waals surface area contributed by atoms with Crippen molar-refractivity contribution < 1.29 is 4.79 Å². The average Bonchev–Trinajstić information content (AvgIpc) is 2.05. The number of carbonyl (C=O) groups excluding carboxylic acids is 1. The van der Waals surface area contributed by atoms with Gasteiger partial charge in [0.25, 0.3) is 0 Å². The molecule has 5 N–H and O–H groups in total. The molecule has 11 heavy (non-hydrogen) atoms. The van der Waals surface area contributed by atoms with Crippen LogP contribution in [0.5, 0.6) is 0 Å². The molecule has 0 aromatic heterocycles. The minimum atomic E-state index is -0.446. The number of nitrogens with two attached hydrogens (primary N) is 2. The second-order valence-electron chi connectivity index (χ2n) is 2.33. The Hall–Kier alpha value is -0.810. The largest absolute Gasteiger partial charge is 0.345 e. The van der Waals surface area contributed by atoms with Crippen molar-refractivity contribution in [1.29, 1.82) is 0 Å². The number of amides is 2. The summed E-state index contributed by atoms with van der Waals surface area (Å²) < 4.78 is 0. The maximum Gasteiger partial charge on any atom is 0.345 e. The Kier molecular flexibility index (Phi) is 4.56. The van der Waals surface area contributed by atoms with Gasteiger partial charge in [0.2, 0.25) is 0 Å². The number of urea groups is 1. The van der Waals surface area contributed by atoms with Crippen LogP contribution < -0.4 is 17.1 Å². The first-order valence-electron chi connectivity index (χ1n) is 3.71. The van der Waals surface area contributed by atoms with Crippen LogP contribution in [0.1, 0.15) is 26.7 Å². The molecule has 66 valence electrons. The van der Waals surface area contributed by atoms with Gasteiger partial charge in [-0.15, -0.1) is 0 Å². The van der Waals surface area contributed by atoms with E-state index < -0.39 is 6.03 Å². The number of rotatable bonds is 3. The second kappa shape index (κ2) is 4.92. The lowest BCUT2D eigenvalue weighted by Gasteiger charge is -2.24.